The monoisotopic (exact) mass is 227 g/mol. The van der Waals surface area contributed by atoms with Crippen LogP contribution in [0.2, 0.25) is 0 Å². The molecule has 0 aliphatic rings. The summed E-state index contributed by atoms with van der Waals surface area (Å²) in [7, 11) is 1.96. The van der Waals surface area contributed by atoms with Crippen molar-refractivity contribution in [3.63, 3.8) is 0 Å². The Hall–Kier alpha value is -0.870. The lowest BCUT2D eigenvalue weighted by Crippen LogP contribution is -2.42. The van der Waals surface area contributed by atoms with E-state index < -0.39 is 5.97 Å². The molecule has 0 aliphatic heterocycles. The summed E-state index contributed by atoms with van der Waals surface area (Å²) in [6, 6.07) is 4.08. The highest BCUT2D eigenvalue weighted by Crippen LogP contribution is 2.21. The molecule has 0 aromatic carbocycles. The molecular formula is C11H17NO2S. The molecule has 1 N–H and O–H groups in total. The number of hydrogen-bond acceptors (Lipinski definition) is 3. The van der Waals surface area contributed by atoms with Crippen LogP contribution in [0.5, 0.6) is 0 Å². The minimum atomic E-state index is -0.752. The van der Waals surface area contributed by atoms with E-state index in [1.165, 1.54) is 4.88 Å². The first kappa shape index (κ1) is 12.2. The quantitative estimate of drug-likeness (QED) is 0.840. The standard InChI is InChI=1S/C11H17NO2S/c1-11(2,7-10(13)14)12(3)8-9-5-4-6-15-9/h4-6H,7-8H2,1-3H3,(H,13,14). The van der Waals surface area contributed by atoms with Crippen LogP contribution in [-0.2, 0) is 11.3 Å². The zero-order chi connectivity index (χ0) is 11.5. The predicted octanol–water partition coefficient (Wildman–Crippen LogP) is 2.43. The molecule has 0 fully saturated rings. The van der Waals surface area contributed by atoms with Gasteiger partial charge in [0.05, 0.1) is 6.42 Å². The SMILES string of the molecule is CN(Cc1cccs1)C(C)(C)CC(=O)O. The third kappa shape index (κ3) is 3.64. The van der Waals surface area contributed by atoms with Gasteiger partial charge in [0.2, 0.25) is 0 Å². The van der Waals surface area contributed by atoms with Gasteiger partial charge in [-0.25, -0.2) is 0 Å². The van der Waals surface area contributed by atoms with Crippen molar-refractivity contribution in [2.75, 3.05) is 7.05 Å². The average Bonchev–Trinajstić information content (AvgIpc) is 2.54. The molecule has 1 heterocycles. The van der Waals surface area contributed by atoms with Crippen molar-refractivity contribution < 1.29 is 9.90 Å². The fourth-order valence-electron chi connectivity index (χ4n) is 1.36. The zero-order valence-corrected chi connectivity index (χ0v) is 10.2. The second-order valence-corrected chi connectivity index (χ2v) is 5.35. The van der Waals surface area contributed by atoms with Crippen molar-refractivity contribution in [3.05, 3.63) is 22.4 Å². The lowest BCUT2D eigenvalue weighted by atomic mass is 9.99. The molecule has 0 radical (unpaired) electrons. The minimum Gasteiger partial charge on any atom is -0.481 e. The summed E-state index contributed by atoms with van der Waals surface area (Å²) in [6.07, 6.45) is 0.162. The minimum absolute atomic E-state index is 0.162. The van der Waals surface area contributed by atoms with Gasteiger partial charge in [-0.15, -0.1) is 11.3 Å². The van der Waals surface area contributed by atoms with Gasteiger partial charge in [-0.3, -0.25) is 9.69 Å². The van der Waals surface area contributed by atoms with E-state index in [-0.39, 0.29) is 12.0 Å². The first-order valence-electron chi connectivity index (χ1n) is 4.87. The van der Waals surface area contributed by atoms with E-state index in [1.54, 1.807) is 11.3 Å². The van der Waals surface area contributed by atoms with Crippen LogP contribution in [-0.4, -0.2) is 28.6 Å². The number of nitrogens with zero attached hydrogens (tertiary/aromatic N) is 1. The summed E-state index contributed by atoms with van der Waals surface area (Å²) in [5, 5.41) is 10.8. The van der Waals surface area contributed by atoms with E-state index in [1.807, 2.05) is 32.3 Å². The van der Waals surface area contributed by atoms with Crippen LogP contribution < -0.4 is 0 Å². The van der Waals surface area contributed by atoms with E-state index in [9.17, 15) is 4.79 Å². The van der Waals surface area contributed by atoms with Crippen LogP contribution in [0.15, 0.2) is 17.5 Å². The topological polar surface area (TPSA) is 40.5 Å². The van der Waals surface area contributed by atoms with E-state index in [2.05, 4.69) is 11.0 Å². The van der Waals surface area contributed by atoms with Crippen molar-refractivity contribution in [3.8, 4) is 0 Å². The molecule has 0 aliphatic carbocycles. The Morgan fingerprint density at radius 3 is 2.73 bits per heavy atom. The summed E-state index contributed by atoms with van der Waals surface area (Å²) in [5.74, 6) is -0.752. The fraction of sp³-hybridized carbons (Fsp3) is 0.545. The summed E-state index contributed by atoms with van der Waals surface area (Å²) >= 11 is 1.70. The second-order valence-electron chi connectivity index (χ2n) is 4.32. The number of carboxylic acids is 1. The maximum atomic E-state index is 10.7. The van der Waals surface area contributed by atoms with Crippen molar-refractivity contribution in [2.24, 2.45) is 0 Å². The van der Waals surface area contributed by atoms with Gasteiger partial charge >= 0.3 is 5.97 Å². The smallest absolute Gasteiger partial charge is 0.305 e. The molecule has 0 atom stereocenters. The molecule has 0 saturated carbocycles. The van der Waals surface area contributed by atoms with Crippen molar-refractivity contribution >= 4 is 17.3 Å². The third-order valence-corrected chi connectivity index (χ3v) is 3.45. The van der Waals surface area contributed by atoms with Crippen molar-refractivity contribution in [1.82, 2.24) is 4.90 Å². The van der Waals surface area contributed by atoms with Gasteiger partial charge in [0.15, 0.2) is 0 Å². The van der Waals surface area contributed by atoms with Gasteiger partial charge in [0.1, 0.15) is 0 Å². The molecule has 4 heteroatoms. The van der Waals surface area contributed by atoms with Crippen molar-refractivity contribution in [1.29, 1.82) is 0 Å². The van der Waals surface area contributed by atoms with E-state index in [0.717, 1.165) is 6.54 Å². The maximum Gasteiger partial charge on any atom is 0.305 e. The average molecular weight is 227 g/mol. The number of hydrogen-bond donors (Lipinski definition) is 1. The van der Waals surface area contributed by atoms with Crippen LogP contribution in [0.25, 0.3) is 0 Å². The number of aliphatic carboxylic acids is 1. The van der Waals surface area contributed by atoms with Gasteiger partial charge in [0.25, 0.3) is 0 Å². The van der Waals surface area contributed by atoms with Crippen LogP contribution >= 0.6 is 11.3 Å². The molecule has 0 bridgehead atoms. The Morgan fingerprint density at radius 1 is 1.60 bits per heavy atom. The molecule has 3 nitrogen and oxygen atoms in total. The van der Waals surface area contributed by atoms with Gasteiger partial charge in [0, 0.05) is 17.0 Å². The van der Waals surface area contributed by atoms with Crippen molar-refractivity contribution in [2.45, 2.75) is 32.4 Å². The number of rotatable bonds is 5. The van der Waals surface area contributed by atoms with Gasteiger partial charge in [-0.2, -0.15) is 0 Å². The molecule has 0 amide bonds. The third-order valence-electron chi connectivity index (χ3n) is 2.59. The first-order chi connectivity index (χ1) is 6.92. The summed E-state index contributed by atoms with van der Waals surface area (Å²) in [5.41, 5.74) is -0.310. The number of carbonyl (C=O) groups is 1. The second kappa shape index (κ2) is 4.77. The Labute approximate surface area is 94.3 Å². The zero-order valence-electron chi connectivity index (χ0n) is 9.36. The summed E-state index contributed by atoms with van der Waals surface area (Å²) < 4.78 is 0. The van der Waals surface area contributed by atoms with Crippen LogP contribution in [0.4, 0.5) is 0 Å². The van der Waals surface area contributed by atoms with Gasteiger partial charge < -0.3 is 5.11 Å². The van der Waals surface area contributed by atoms with Gasteiger partial charge in [-0.05, 0) is 32.3 Å². The fourth-order valence-corrected chi connectivity index (χ4v) is 2.11. The summed E-state index contributed by atoms with van der Waals surface area (Å²) in [4.78, 5) is 14.0. The molecule has 1 aromatic heterocycles. The lowest BCUT2D eigenvalue weighted by molar-refractivity contribution is -0.139. The normalized spacial score (nSPS) is 12.0. The molecule has 1 aromatic rings. The molecule has 15 heavy (non-hydrogen) atoms. The predicted molar refractivity (Wildman–Crippen MR) is 62.1 cm³/mol. The van der Waals surface area contributed by atoms with Crippen LogP contribution in [0.3, 0.4) is 0 Å². The first-order valence-corrected chi connectivity index (χ1v) is 5.75. The Kier molecular flexibility index (Phi) is 3.88. The van der Waals surface area contributed by atoms with E-state index >= 15 is 0 Å². The Morgan fingerprint density at radius 2 is 2.27 bits per heavy atom. The summed E-state index contributed by atoms with van der Waals surface area (Å²) in [6.45, 7) is 4.71. The molecule has 0 saturated heterocycles. The molecule has 0 unspecified atom stereocenters. The van der Waals surface area contributed by atoms with Crippen LogP contribution in [0.1, 0.15) is 25.1 Å². The van der Waals surface area contributed by atoms with Gasteiger partial charge in [-0.1, -0.05) is 6.07 Å². The molecule has 84 valence electrons. The maximum absolute atomic E-state index is 10.7. The Balaban J connectivity index is 2.59. The highest BCUT2D eigenvalue weighted by Gasteiger charge is 2.26. The number of thiophene rings is 1. The van der Waals surface area contributed by atoms with Crippen LogP contribution in [0, 0.1) is 0 Å². The molecule has 1 rings (SSSR count). The molecule has 0 spiro atoms. The highest BCUT2D eigenvalue weighted by atomic mass is 32.1. The van der Waals surface area contributed by atoms with E-state index in [4.69, 9.17) is 5.11 Å². The Bertz CT molecular complexity index is 319. The lowest BCUT2D eigenvalue weighted by Gasteiger charge is -2.34. The van der Waals surface area contributed by atoms with E-state index in [0.29, 0.717) is 0 Å². The largest absolute Gasteiger partial charge is 0.481 e. The molecular weight excluding hydrogens is 210 g/mol. The number of carboxylic acid groups (broad SMARTS) is 1. The highest BCUT2D eigenvalue weighted by molar-refractivity contribution is 7.09.